The van der Waals surface area contributed by atoms with Gasteiger partial charge in [-0.25, -0.2) is 0 Å². The van der Waals surface area contributed by atoms with E-state index >= 15 is 0 Å². The van der Waals surface area contributed by atoms with Crippen LogP contribution in [0.3, 0.4) is 0 Å². The van der Waals surface area contributed by atoms with Gasteiger partial charge in [-0.15, -0.1) is 11.3 Å². The summed E-state index contributed by atoms with van der Waals surface area (Å²) < 4.78 is 0. The summed E-state index contributed by atoms with van der Waals surface area (Å²) in [4.78, 5) is 28.9. The molecule has 2 aromatic rings. The quantitative estimate of drug-likeness (QED) is 0.849. The topological polar surface area (TPSA) is 49.4 Å². The molecular formula is C22H24N2O2S. The van der Waals surface area contributed by atoms with Gasteiger partial charge in [0.2, 0.25) is 11.8 Å². The maximum absolute atomic E-state index is 13.3. The van der Waals surface area contributed by atoms with Crippen molar-refractivity contribution >= 4 is 34.5 Å². The van der Waals surface area contributed by atoms with Crippen molar-refractivity contribution in [1.82, 2.24) is 0 Å². The highest BCUT2D eigenvalue weighted by Crippen LogP contribution is 2.44. The number of anilines is 2. The summed E-state index contributed by atoms with van der Waals surface area (Å²) in [7, 11) is 0. The summed E-state index contributed by atoms with van der Waals surface area (Å²) in [5.74, 6) is 0.568. The number of carbonyl (C=O) groups is 2. The van der Waals surface area contributed by atoms with E-state index in [0.29, 0.717) is 0 Å². The minimum atomic E-state index is -0.392. The maximum Gasteiger partial charge on any atom is 0.235 e. The Kier molecular flexibility index (Phi) is 4.08. The molecule has 0 unspecified atom stereocenters. The van der Waals surface area contributed by atoms with E-state index in [1.807, 2.05) is 23.1 Å². The number of benzene rings is 1. The maximum atomic E-state index is 13.3. The van der Waals surface area contributed by atoms with Crippen molar-refractivity contribution < 1.29 is 9.59 Å². The average molecular weight is 381 g/mol. The largest absolute Gasteiger partial charge is 0.325 e. The standard InChI is InChI=1S/C22H24N2O2S/c25-20(16-5-6-16)24-12-9-15-7-8-17(14-18(15)24)23-21(26)22(10-1-2-11-22)19-4-3-13-27-19/h3-4,7-8,13-14,16H,1-2,5-6,9-12H2,(H,23,26). The smallest absolute Gasteiger partial charge is 0.235 e. The number of nitrogens with zero attached hydrogens (tertiary/aromatic N) is 1. The van der Waals surface area contributed by atoms with Crippen LogP contribution in [-0.2, 0) is 21.4 Å². The van der Waals surface area contributed by atoms with Crippen LogP contribution < -0.4 is 10.2 Å². The first kappa shape index (κ1) is 17.0. The molecule has 140 valence electrons. The number of hydrogen-bond acceptors (Lipinski definition) is 3. The van der Waals surface area contributed by atoms with Gasteiger partial charge in [-0.1, -0.05) is 25.0 Å². The third-order valence-corrected chi connectivity index (χ3v) is 7.39. The lowest BCUT2D eigenvalue weighted by Gasteiger charge is -2.27. The van der Waals surface area contributed by atoms with Crippen LogP contribution in [0.1, 0.15) is 49.0 Å². The van der Waals surface area contributed by atoms with Crippen molar-refractivity contribution in [1.29, 1.82) is 0 Å². The zero-order chi connectivity index (χ0) is 18.4. The van der Waals surface area contributed by atoms with Crippen molar-refractivity contribution in [3.8, 4) is 0 Å². The van der Waals surface area contributed by atoms with Crippen LogP contribution in [0.25, 0.3) is 0 Å². The first-order valence-corrected chi connectivity index (χ1v) is 10.9. The molecule has 0 atom stereocenters. The molecule has 4 nitrogen and oxygen atoms in total. The molecule has 5 rings (SSSR count). The van der Waals surface area contributed by atoms with E-state index in [2.05, 4.69) is 22.8 Å². The Morgan fingerprint density at radius 3 is 2.67 bits per heavy atom. The summed E-state index contributed by atoms with van der Waals surface area (Å²) in [6.45, 7) is 0.765. The molecule has 2 saturated carbocycles. The highest BCUT2D eigenvalue weighted by Gasteiger charge is 2.43. The van der Waals surface area contributed by atoms with Gasteiger partial charge in [0.25, 0.3) is 0 Å². The molecule has 0 radical (unpaired) electrons. The van der Waals surface area contributed by atoms with E-state index in [0.717, 1.165) is 62.9 Å². The molecule has 2 fully saturated rings. The van der Waals surface area contributed by atoms with Crippen LogP contribution in [0.4, 0.5) is 11.4 Å². The summed E-state index contributed by atoms with van der Waals surface area (Å²) in [6, 6.07) is 10.2. The molecule has 2 amide bonds. The van der Waals surface area contributed by atoms with E-state index in [-0.39, 0.29) is 17.7 Å². The molecule has 1 aliphatic heterocycles. The van der Waals surface area contributed by atoms with Gasteiger partial charge < -0.3 is 10.2 Å². The number of hydrogen-bond donors (Lipinski definition) is 1. The minimum Gasteiger partial charge on any atom is -0.325 e. The summed E-state index contributed by atoms with van der Waals surface area (Å²) >= 11 is 1.68. The fraction of sp³-hybridized carbons (Fsp3) is 0.455. The van der Waals surface area contributed by atoms with Crippen LogP contribution in [0.15, 0.2) is 35.7 Å². The van der Waals surface area contributed by atoms with Crippen LogP contribution in [0.5, 0.6) is 0 Å². The van der Waals surface area contributed by atoms with Crippen molar-refractivity contribution in [2.45, 2.75) is 50.4 Å². The monoisotopic (exact) mass is 380 g/mol. The Labute approximate surface area is 163 Å². The predicted molar refractivity (Wildman–Crippen MR) is 108 cm³/mol. The van der Waals surface area contributed by atoms with E-state index in [4.69, 9.17) is 0 Å². The molecule has 3 aliphatic rings. The molecule has 2 aliphatic carbocycles. The molecule has 0 bridgehead atoms. The highest BCUT2D eigenvalue weighted by atomic mass is 32.1. The summed E-state index contributed by atoms with van der Waals surface area (Å²) in [5.41, 5.74) is 2.60. The summed E-state index contributed by atoms with van der Waals surface area (Å²) in [6.07, 6.45) is 6.96. The lowest BCUT2D eigenvalue weighted by Crippen LogP contribution is -2.37. The average Bonchev–Trinajstić information content (AvgIpc) is 3.08. The highest BCUT2D eigenvalue weighted by molar-refractivity contribution is 7.10. The molecule has 27 heavy (non-hydrogen) atoms. The predicted octanol–water partition coefficient (Wildman–Crippen LogP) is 4.50. The van der Waals surface area contributed by atoms with Gasteiger partial charge in [-0.2, -0.15) is 0 Å². The lowest BCUT2D eigenvalue weighted by molar-refractivity contribution is -0.121. The van der Waals surface area contributed by atoms with Gasteiger partial charge in [0.15, 0.2) is 0 Å². The Morgan fingerprint density at radius 1 is 1.15 bits per heavy atom. The van der Waals surface area contributed by atoms with Gasteiger partial charge in [0, 0.05) is 28.7 Å². The Hall–Kier alpha value is -2.14. The number of amides is 2. The van der Waals surface area contributed by atoms with Gasteiger partial charge in [-0.3, -0.25) is 9.59 Å². The van der Waals surface area contributed by atoms with Gasteiger partial charge >= 0.3 is 0 Å². The van der Waals surface area contributed by atoms with Crippen LogP contribution in [0.2, 0.25) is 0 Å². The van der Waals surface area contributed by atoms with Gasteiger partial charge in [0.1, 0.15) is 0 Å². The van der Waals surface area contributed by atoms with Crippen LogP contribution in [-0.4, -0.2) is 18.4 Å². The van der Waals surface area contributed by atoms with Gasteiger partial charge in [0.05, 0.1) is 5.41 Å². The van der Waals surface area contributed by atoms with Crippen molar-refractivity contribution in [3.05, 3.63) is 46.2 Å². The molecule has 5 heteroatoms. The van der Waals surface area contributed by atoms with Crippen molar-refractivity contribution in [2.24, 2.45) is 5.92 Å². The van der Waals surface area contributed by atoms with E-state index in [9.17, 15) is 9.59 Å². The second-order valence-electron chi connectivity index (χ2n) is 8.08. The van der Waals surface area contributed by atoms with Gasteiger partial charge in [-0.05, 0) is 61.2 Å². The fourth-order valence-electron chi connectivity index (χ4n) is 4.60. The number of nitrogens with one attached hydrogen (secondary N) is 1. The Bertz CT molecular complexity index is 880. The number of fused-ring (bicyclic) bond motifs is 1. The molecule has 2 heterocycles. The molecule has 1 aromatic carbocycles. The third-order valence-electron chi connectivity index (χ3n) is 6.32. The lowest BCUT2D eigenvalue weighted by atomic mass is 9.83. The SMILES string of the molecule is O=C(C1CC1)N1CCc2ccc(NC(=O)C3(c4cccs4)CCCC3)cc21. The molecule has 1 N–H and O–H groups in total. The van der Waals surface area contributed by atoms with Crippen LogP contribution in [0, 0.1) is 5.92 Å². The Morgan fingerprint density at radius 2 is 1.96 bits per heavy atom. The first-order chi connectivity index (χ1) is 13.2. The first-order valence-electron chi connectivity index (χ1n) is 9.97. The van der Waals surface area contributed by atoms with Crippen molar-refractivity contribution in [3.63, 3.8) is 0 Å². The van der Waals surface area contributed by atoms with E-state index < -0.39 is 5.41 Å². The second-order valence-corrected chi connectivity index (χ2v) is 9.03. The van der Waals surface area contributed by atoms with E-state index in [1.54, 1.807) is 11.3 Å². The number of rotatable bonds is 4. The Balaban J connectivity index is 1.40. The summed E-state index contributed by atoms with van der Waals surface area (Å²) in [5, 5.41) is 5.23. The second kappa shape index (κ2) is 6.48. The van der Waals surface area contributed by atoms with Crippen LogP contribution >= 0.6 is 11.3 Å². The normalized spacial score (nSPS) is 20.5. The number of carbonyl (C=O) groups excluding carboxylic acids is 2. The number of thiophene rings is 1. The zero-order valence-electron chi connectivity index (χ0n) is 15.4. The molecule has 1 aromatic heterocycles. The zero-order valence-corrected chi connectivity index (χ0v) is 16.2. The molecular weight excluding hydrogens is 356 g/mol. The minimum absolute atomic E-state index is 0.0977. The fourth-order valence-corrected chi connectivity index (χ4v) is 5.59. The molecule has 0 saturated heterocycles. The van der Waals surface area contributed by atoms with E-state index in [1.165, 1.54) is 10.4 Å². The molecule has 0 spiro atoms. The van der Waals surface area contributed by atoms with Crippen molar-refractivity contribution in [2.75, 3.05) is 16.8 Å². The third kappa shape index (κ3) is 2.89.